The number of halogens is 2. The molecule has 0 atom stereocenters. The molecule has 1 aromatic carbocycles. The molecule has 2 N–H and O–H groups in total. The molecule has 2 aromatic rings. The van der Waals surface area contributed by atoms with E-state index in [-0.39, 0.29) is 0 Å². The van der Waals surface area contributed by atoms with Crippen molar-refractivity contribution in [2.24, 2.45) is 5.73 Å². The number of hydrogen-bond donors (Lipinski definition) is 1. The molecule has 0 fully saturated rings. The Hall–Kier alpha value is -0.850. The molecule has 0 bridgehead atoms. The van der Waals surface area contributed by atoms with Gasteiger partial charge in [0.05, 0.1) is 27.2 Å². The van der Waals surface area contributed by atoms with E-state index in [0.29, 0.717) is 13.2 Å². The average Bonchev–Trinajstić information content (AvgIpc) is 2.85. The topological polar surface area (TPSA) is 53.1 Å². The summed E-state index contributed by atoms with van der Waals surface area (Å²) in [5.74, 6) is 0.779. The second-order valence-electron chi connectivity index (χ2n) is 4.05. The van der Waals surface area contributed by atoms with Crippen molar-refractivity contribution >= 4 is 31.9 Å². The molecule has 0 aliphatic rings. The predicted octanol–water partition coefficient (Wildman–Crippen LogP) is 3.47. The lowest BCUT2D eigenvalue weighted by atomic mass is 10.2. The van der Waals surface area contributed by atoms with Gasteiger partial charge in [0, 0.05) is 13.1 Å². The average molecular weight is 389 g/mol. The fraction of sp³-hybridized carbons (Fsp3) is 0.308. The smallest absolute Gasteiger partial charge is 0.148 e. The van der Waals surface area contributed by atoms with Crippen LogP contribution in [0.1, 0.15) is 18.2 Å². The van der Waals surface area contributed by atoms with Crippen LogP contribution in [0.25, 0.3) is 0 Å². The molecule has 6 heteroatoms. The molecule has 0 radical (unpaired) electrons. The van der Waals surface area contributed by atoms with E-state index in [9.17, 15) is 0 Å². The lowest BCUT2D eigenvalue weighted by Gasteiger charge is -2.12. The zero-order valence-corrected chi connectivity index (χ0v) is 13.7. The van der Waals surface area contributed by atoms with Gasteiger partial charge < -0.3 is 15.0 Å². The lowest BCUT2D eigenvalue weighted by Crippen LogP contribution is -2.05. The first-order chi connectivity index (χ1) is 9.15. The summed E-state index contributed by atoms with van der Waals surface area (Å²) >= 11 is 7.01. The normalized spacial score (nSPS) is 10.7. The summed E-state index contributed by atoms with van der Waals surface area (Å²) in [5.41, 5.74) is 7.72. The summed E-state index contributed by atoms with van der Waals surface area (Å²) < 4.78 is 9.70. The van der Waals surface area contributed by atoms with Crippen LogP contribution in [0.2, 0.25) is 0 Å². The minimum absolute atomic E-state index is 0.479. The van der Waals surface area contributed by atoms with Crippen molar-refractivity contribution in [2.75, 3.05) is 0 Å². The van der Waals surface area contributed by atoms with Crippen molar-refractivity contribution in [1.82, 2.24) is 9.55 Å². The van der Waals surface area contributed by atoms with E-state index in [4.69, 9.17) is 10.5 Å². The molecule has 19 heavy (non-hydrogen) atoms. The highest BCUT2D eigenvalue weighted by molar-refractivity contribution is 9.11. The SMILES string of the molecule is CCn1cncc1COc1c(Br)cc(CN)cc1Br. The summed E-state index contributed by atoms with van der Waals surface area (Å²) in [6.07, 6.45) is 3.62. The van der Waals surface area contributed by atoms with Gasteiger partial charge in [0.15, 0.2) is 0 Å². The van der Waals surface area contributed by atoms with E-state index >= 15 is 0 Å². The molecule has 2 rings (SSSR count). The number of nitrogens with zero attached hydrogens (tertiary/aromatic N) is 2. The van der Waals surface area contributed by atoms with Crippen molar-refractivity contribution < 1.29 is 4.74 Å². The summed E-state index contributed by atoms with van der Waals surface area (Å²) in [5, 5.41) is 0. The molecule has 0 aliphatic carbocycles. The Morgan fingerprint density at radius 2 is 2.00 bits per heavy atom. The van der Waals surface area contributed by atoms with Crippen LogP contribution in [-0.4, -0.2) is 9.55 Å². The van der Waals surface area contributed by atoms with Crippen LogP contribution in [0.15, 0.2) is 33.6 Å². The van der Waals surface area contributed by atoms with Gasteiger partial charge in [-0.15, -0.1) is 0 Å². The van der Waals surface area contributed by atoms with Gasteiger partial charge in [-0.2, -0.15) is 0 Å². The van der Waals surface area contributed by atoms with Crippen LogP contribution in [0.5, 0.6) is 5.75 Å². The fourth-order valence-electron chi connectivity index (χ4n) is 1.77. The van der Waals surface area contributed by atoms with Crippen LogP contribution in [0.3, 0.4) is 0 Å². The molecule has 1 aromatic heterocycles. The summed E-state index contributed by atoms with van der Waals surface area (Å²) in [7, 11) is 0. The molecule has 102 valence electrons. The zero-order valence-electron chi connectivity index (χ0n) is 10.6. The predicted molar refractivity (Wildman–Crippen MR) is 82.0 cm³/mol. The minimum atomic E-state index is 0.479. The summed E-state index contributed by atoms with van der Waals surface area (Å²) in [4.78, 5) is 4.12. The first kappa shape index (κ1) is 14.6. The second kappa shape index (κ2) is 6.54. The van der Waals surface area contributed by atoms with Crippen molar-refractivity contribution in [3.8, 4) is 5.75 Å². The third kappa shape index (κ3) is 3.38. The number of rotatable bonds is 5. The Morgan fingerprint density at radius 1 is 1.32 bits per heavy atom. The zero-order chi connectivity index (χ0) is 13.8. The third-order valence-corrected chi connectivity index (χ3v) is 3.98. The van der Waals surface area contributed by atoms with Gasteiger partial charge >= 0.3 is 0 Å². The van der Waals surface area contributed by atoms with E-state index in [1.807, 2.05) is 18.3 Å². The molecule has 0 unspecified atom stereocenters. The Bertz CT molecular complexity index is 546. The first-order valence-corrected chi connectivity index (χ1v) is 7.54. The molecule has 0 spiro atoms. The van der Waals surface area contributed by atoms with E-state index in [0.717, 1.165) is 32.5 Å². The van der Waals surface area contributed by atoms with Crippen LogP contribution >= 0.6 is 31.9 Å². The quantitative estimate of drug-likeness (QED) is 0.853. The van der Waals surface area contributed by atoms with Gasteiger partial charge in [-0.1, -0.05) is 0 Å². The van der Waals surface area contributed by atoms with E-state index in [1.54, 1.807) is 6.33 Å². The molecule has 0 saturated carbocycles. The van der Waals surface area contributed by atoms with Gasteiger partial charge in [-0.25, -0.2) is 4.98 Å². The molecule has 0 amide bonds. The molecule has 4 nitrogen and oxygen atoms in total. The standard InChI is InChI=1S/C13H15Br2N3O/c1-2-18-8-17-6-10(18)7-19-13-11(14)3-9(5-16)4-12(13)15/h3-4,6,8H,2,5,7,16H2,1H3. The Morgan fingerprint density at radius 3 is 2.58 bits per heavy atom. The van der Waals surface area contributed by atoms with Crippen LogP contribution in [0.4, 0.5) is 0 Å². The third-order valence-electron chi connectivity index (χ3n) is 2.80. The summed E-state index contributed by atoms with van der Waals surface area (Å²) in [6, 6.07) is 3.94. The number of imidazole rings is 1. The Balaban J connectivity index is 2.16. The van der Waals surface area contributed by atoms with Crippen molar-refractivity contribution in [3.05, 3.63) is 44.9 Å². The molecular weight excluding hydrogens is 374 g/mol. The number of ether oxygens (including phenoxy) is 1. The molecule has 1 heterocycles. The number of aryl methyl sites for hydroxylation is 1. The Labute approximate surface area is 129 Å². The first-order valence-electron chi connectivity index (χ1n) is 5.95. The van der Waals surface area contributed by atoms with Crippen LogP contribution < -0.4 is 10.5 Å². The maximum atomic E-state index is 5.86. The fourth-order valence-corrected chi connectivity index (χ4v) is 3.28. The Kier molecular flexibility index (Phi) is 5.01. The summed E-state index contributed by atoms with van der Waals surface area (Å²) in [6.45, 7) is 3.94. The lowest BCUT2D eigenvalue weighted by molar-refractivity contribution is 0.291. The minimum Gasteiger partial charge on any atom is -0.485 e. The van der Waals surface area contributed by atoms with Crippen molar-refractivity contribution in [3.63, 3.8) is 0 Å². The largest absolute Gasteiger partial charge is 0.485 e. The van der Waals surface area contributed by atoms with E-state index < -0.39 is 0 Å². The number of nitrogens with two attached hydrogens (primary N) is 1. The highest BCUT2D eigenvalue weighted by atomic mass is 79.9. The van der Waals surface area contributed by atoms with Gasteiger partial charge in [-0.3, -0.25) is 0 Å². The maximum Gasteiger partial charge on any atom is 0.148 e. The van der Waals surface area contributed by atoms with Crippen molar-refractivity contribution in [2.45, 2.75) is 26.6 Å². The highest BCUT2D eigenvalue weighted by Gasteiger charge is 2.10. The number of benzene rings is 1. The van der Waals surface area contributed by atoms with E-state index in [2.05, 4.69) is 48.3 Å². The van der Waals surface area contributed by atoms with Crippen LogP contribution in [0, 0.1) is 0 Å². The van der Waals surface area contributed by atoms with Crippen LogP contribution in [-0.2, 0) is 19.7 Å². The van der Waals surface area contributed by atoms with Gasteiger partial charge in [-0.05, 0) is 56.5 Å². The highest BCUT2D eigenvalue weighted by Crippen LogP contribution is 2.35. The molecular formula is C13H15Br2N3O. The van der Waals surface area contributed by atoms with Gasteiger partial charge in [0.1, 0.15) is 12.4 Å². The number of hydrogen-bond acceptors (Lipinski definition) is 3. The van der Waals surface area contributed by atoms with Gasteiger partial charge in [0.25, 0.3) is 0 Å². The maximum absolute atomic E-state index is 5.86. The molecule has 0 aliphatic heterocycles. The van der Waals surface area contributed by atoms with Crippen molar-refractivity contribution in [1.29, 1.82) is 0 Å². The monoisotopic (exact) mass is 387 g/mol. The van der Waals surface area contributed by atoms with Gasteiger partial charge in [0.2, 0.25) is 0 Å². The number of aromatic nitrogens is 2. The second-order valence-corrected chi connectivity index (χ2v) is 5.76. The molecule has 0 saturated heterocycles. The van der Waals surface area contributed by atoms with E-state index in [1.165, 1.54) is 0 Å².